The molecule has 1 aliphatic carbocycles. The second-order valence-corrected chi connectivity index (χ2v) is 6.15. The molecule has 0 bridgehead atoms. The molecule has 0 unspecified atom stereocenters. The molecule has 2 N–H and O–H groups in total. The van der Waals surface area contributed by atoms with Crippen LogP contribution in [0.3, 0.4) is 0 Å². The molecule has 1 aromatic heterocycles. The van der Waals surface area contributed by atoms with Gasteiger partial charge in [-0.25, -0.2) is 9.97 Å². The summed E-state index contributed by atoms with van der Waals surface area (Å²) >= 11 is 0. The van der Waals surface area contributed by atoms with Gasteiger partial charge in [-0.05, 0) is 24.0 Å². The van der Waals surface area contributed by atoms with Crippen molar-refractivity contribution in [2.45, 2.75) is 18.9 Å². The number of rotatable bonds is 2. The molecule has 1 fully saturated rings. The third kappa shape index (κ3) is 2.52. The van der Waals surface area contributed by atoms with E-state index in [4.69, 9.17) is 5.73 Å². The third-order valence-electron chi connectivity index (χ3n) is 4.88. The number of nitrogens with zero attached hydrogens (tertiary/aromatic N) is 4. The van der Waals surface area contributed by atoms with Gasteiger partial charge < -0.3 is 10.6 Å². The SMILES string of the molecule is Nc1ncc(N2CCN(C3Cc4ccccc4C3)CC2)cn1. The van der Waals surface area contributed by atoms with E-state index in [0.717, 1.165) is 31.9 Å². The Morgan fingerprint density at radius 3 is 2.09 bits per heavy atom. The second kappa shape index (κ2) is 5.57. The lowest BCUT2D eigenvalue weighted by Crippen LogP contribution is -2.50. The van der Waals surface area contributed by atoms with Gasteiger partial charge in [0.05, 0.1) is 18.1 Å². The van der Waals surface area contributed by atoms with Crippen molar-refractivity contribution in [2.24, 2.45) is 0 Å². The fraction of sp³-hybridized carbons (Fsp3) is 0.412. The van der Waals surface area contributed by atoms with E-state index >= 15 is 0 Å². The molecule has 22 heavy (non-hydrogen) atoms. The molecule has 4 rings (SSSR count). The van der Waals surface area contributed by atoms with E-state index in [1.165, 1.54) is 24.0 Å². The zero-order chi connectivity index (χ0) is 14.9. The number of nitrogen functional groups attached to an aromatic ring is 1. The van der Waals surface area contributed by atoms with Crippen molar-refractivity contribution in [3.63, 3.8) is 0 Å². The standard InChI is InChI=1S/C17H21N5/c18-17-19-11-16(12-20-17)22-7-5-21(6-8-22)15-9-13-3-1-2-4-14(13)10-15/h1-4,11-12,15H,5-10H2,(H2,18,19,20). The quantitative estimate of drug-likeness (QED) is 0.906. The highest BCUT2D eigenvalue weighted by atomic mass is 15.3. The molecular weight excluding hydrogens is 274 g/mol. The van der Waals surface area contributed by atoms with Crippen molar-refractivity contribution in [1.29, 1.82) is 0 Å². The molecule has 1 saturated heterocycles. The average molecular weight is 295 g/mol. The maximum absolute atomic E-state index is 5.55. The molecule has 2 aliphatic rings. The van der Waals surface area contributed by atoms with Gasteiger partial charge in [-0.1, -0.05) is 24.3 Å². The molecule has 0 saturated carbocycles. The van der Waals surface area contributed by atoms with E-state index in [2.05, 4.69) is 44.0 Å². The Labute approximate surface area is 130 Å². The first kappa shape index (κ1) is 13.5. The molecule has 0 spiro atoms. The van der Waals surface area contributed by atoms with E-state index in [9.17, 15) is 0 Å². The van der Waals surface area contributed by atoms with Crippen molar-refractivity contribution >= 4 is 11.6 Å². The van der Waals surface area contributed by atoms with E-state index in [0.29, 0.717) is 12.0 Å². The summed E-state index contributed by atoms with van der Waals surface area (Å²) in [5.74, 6) is 0.339. The lowest BCUT2D eigenvalue weighted by atomic mass is 10.1. The number of aromatic nitrogens is 2. The van der Waals surface area contributed by atoms with E-state index < -0.39 is 0 Å². The summed E-state index contributed by atoms with van der Waals surface area (Å²) in [5.41, 5.74) is 9.69. The number of hydrogen-bond acceptors (Lipinski definition) is 5. The molecule has 0 radical (unpaired) electrons. The summed E-state index contributed by atoms with van der Waals surface area (Å²) in [5, 5.41) is 0. The largest absolute Gasteiger partial charge is 0.368 e. The Balaban J connectivity index is 1.38. The number of hydrogen-bond donors (Lipinski definition) is 1. The van der Waals surface area contributed by atoms with Crippen LogP contribution < -0.4 is 10.6 Å². The summed E-state index contributed by atoms with van der Waals surface area (Å²) in [6, 6.07) is 9.52. The highest BCUT2D eigenvalue weighted by Gasteiger charge is 2.29. The van der Waals surface area contributed by atoms with Crippen LogP contribution in [-0.4, -0.2) is 47.1 Å². The van der Waals surface area contributed by atoms with Crippen LogP contribution in [0.1, 0.15) is 11.1 Å². The van der Waals surface area contributed by atoms with Gasteiger partial charge >= 0.3 is 0 Å². The Hall–Kier alpha value is -2.14. The topological polar surface area (TPSA) is 58.3 Å². The van der Waals surface area contributed by atoms with Gasteiger partial charge in [0, 0.05) is 32.2 Å². The first-order valence-corrected chi connectivity index (χ1v) is 7.93. The molecule has 1 aromatic carbocycles. The Kier molecular flexibility index (Phi) is 3.42. The first-order valence-electron chi connectivity index (χ1n) is 7.93. The molecule has 0 amide bonds. The summed E-state index contributed by atoms with van der Waals surface area (Å²) in [6.07, 6.45) is 6.04. The molecule has 5 nitrogen and oxygen atoms in total. The monoisotopic (exact) mass is 295 g/mol. The predicted octanol–water partition coefficient (Wildman–Crippen LogP) is 1.35. The highest BCUT2D eigenvalue weighted by molar-refractivity contribution is 5.44. The Bertz CT molecular complexity index is 621. The molecule has 5 heteroatoms. The third-order valence-corrected chi connectivity index (χ3v) is 4.88. The van der Waals surface area contributed by atoms with Crippen molar-refractivity contribution in [2.75, 3.05) is 36.8 Å². The molecule has 0 atom stereocenters. The molecular formula is C17H21N5. The number of benzene rings is 1. The van der Waals surface area contributed by atoms with Gasteiger partial charge in [-0.3, -0.25) is 4.90 Å². The van der Waals surface area contributed by atoms with E-state index in [1.807, 2.05) is 12.4 Å². The summed E-state index contributed by atoms with van der Waals surface area (Å²) in [6.45, 7) is 4.26. The van der Waals surface area contributed by atoms with Crippen LogP contribution in [0.4, 0.5) is 11.6 Å². The van der Waals surface area contributed by atoms with Crippen LogP contribution in [0.5, 0.6) is 0 Å². The van der Waals surface area contributed by atoms with Crippen LogP contribution in [0, 0.1) is 0 Å². The first-order chi connectivity index (χ1) is 10.8. The molecule has 2 heterocycles. The molecule has 2 aromatic rings. The van der Waals surface area contributed by atoms with Gasteiger partial charge in [0.15, 0.2) is 0 Å². The highest BCUT2D eigenvalue weighted by Crippen LogP contribution is 2.26. The van der Waals surface area contributed by atoms with Crippen molar-refractivity contribution in [3.05, 3.63) is 47.8 Å². The summed E-state index contributed by atoms with van der Waals surface area (Å²) < 4.78 is 0. The zero-order valence-electron chi connectivity index (χ0n) is 12.7. The van der Waals surface area contributed by atoms with Crippen LogP contribution in [0.15, 0.2) is 36.7 Å². The Morgan fingerprint density at radius 1 is 0.909 bits per heavy atom. The van der Waals surface area contributed by atoms with Crippen molar-refractivity contribution in [3.8, 4) is 0 Å². The lowest BCUT2D eigenvalue weighted by Gasteiger charge is -2.38. The lowest BCUT2D eigenvalue weighted by molar-refractivity contribution is 0.190. The fourth-order valence-corrected chi connectivity index (χ4v) is 3.63. The maximum Gasteiger partial charge on any atom is 0.220 e. The minimum absolute atomic E-state index is 0.339. The fourth-order valence-electron chi connectivity index (χ4n) is 3.63. The van der Waals surface area contributed by atoms with E-state index in [1.54, 1.807) is 0 Å². The van der Waals surface area contributed by atoms with E-state index in [-0.39, 0.29) is 0 Å². The predicted molar refractivity (Wildman–Crippen MR) is 87.9 cm³/mol. The van der Waals surface area contributed by atoms with Crippen LogP contribution in [0.2, 0.25) is 0 Å². The molecule has 1 aliphatic heterocycles. The van der Waals surface area contributed by atoms with Crippen molar-refractivity contribution < 1.29 is 0 Å². The number of piperazine rings is 1. The van der Waals surface area contributed by atoms with Gasteiger partial charge in [0.1, 0.15) is 0 Å². The maximum atomic E-state index is 5.55. The summed E-state index contributed by atoms with van der Waals surface area (Å²) in [4.78, 5) is 13.2. The molecule has 114 valence electrons. The zero-order valence-corrected chi connectivity index (χ0v) is 12.7. The van der Waals surface area contributed by atoms with Gasteiger partial charge in [0.25, 0.3) is 0 Å². The van der Waals surface area contributed by atoms with Gasteiger partial charge in [-0.2, -0.15) is 0 Å². The number of anilines is 2. The van der Waals surface area contributed by atoms with Crippen LogP contribution in [-0.2, 0) is 12.8 Å². The van der Waals surface area contributed by atoms with Crippen molar-refractivity contribution in [1.82, 2.24) is 14.9 Å². The smallest absolute Gasteiger partial charge is 0.220 e. The Morgan fingerprint density at radius 2 is 1.50 bits per heavy atom. The van der Waals surface area contributed by atoms with Gasteiger partial charge in [-0.15, -0.1) is 0 Å². The minimum Gasteiger partial charge on any atom is -0.368 e. The van der Waals surface area contributed by atoms with Crippen LogP contribution in [0.25, 0.3) is 0 Å². The minimum atomic E-state index is 0.339. The second-order valence-electron chi connectivity index (χ2n) is 6.15. The average Bonchev–Trinajstić information content (AvgIpc) is 3.00. The number of fused-ring (bicyclic) bond motifs is 1. The van der Waals surface area contributed by atoms with Gasteiger partial charge in [0.2, 0.25) is 5.95 Å². The summed E-state index contributed by atoms with van der Waals surface area (Å²) in [7, 11) is 0. The van der Waals surface area contributed by atoms with Crippen LogP contribution >= 0.6 is 0 Å². The normalized spacial score (nSPS) is 19.4. The number of nitrogens with two attached hydrogens (primary N) is 1.